The molecular formula is C21H22ClN3O7S2. The van der Waals surface area contributed by atoms with Crippen LogP contribution in [0.25, 0.3) is 0 Å². The van der Waals surface area contributed by atoms with Gasteiger partial charge in [-0.1, -0.05) is 17.7 Å². The minimum absolute atomic E-state index is 0.00605. The van der Waals surface area contributed by atoms with Gasteiger partial charge in [0, 0.05) is 16.4 Å². The van der Waals surface area contributed by atoms with E-state index in [9.17, 15) is 22.8 Å². The number of sulfonamides is 1. The maximum atomic E-state index is 12.6. The van der Waals surface area contributed by atoms with Gasteiger partial charge in [0.05, 0.1) is 35.2 Å². The van der Waals surface area contributed by atoms with Crippen LogP contribution >= 0.6 is 22.9 Å². The molecule has 0 bridgehead atoms. The van der Waals surface area contributed by atoms with Crippen LogP contribution in [0.2, 0.25) is 5.02 Å². The SMILES string of the molecule is CCOC(=O)C1=C(COC(=O)CCNS(=O)(=O)c2ccc(Cl)cc2)NC(=O)N[C@H]1c1cccs1. The maximum Gasteiger partial charge on any atom is 0.338 e. The molecule has 2 amide bonds. The van der Waals surface area contributed by atoms with Gasteiger partial charge >= 0.3 is 18.0 Å². The Morgan fingerprint density at radius 3 is 2.56 bits per heavy atom. The molecule has 3 rings (SSSR count). The Labute approximate surface area is 205 Å². The summed E-state index contributed by atoms with van der Waals surface area (Å²) in [6.45, 7) is 1.16. The first-order valence-electron chi connectivity index (χ1n) is 10.1. The van der Waals surface area contributed by atoms with Crippen LogP contribution in [0.3, 0.4) is 0 Å². The topological polar surface area (TPSA) is 140 Å². The van der Waals surface area contributed by atoms with Gasteiger partial charge < -0.3 is 20.1 Å². The number of esters is 2. The predicted molar refractivity (Wildman–Crippen MR) is 125 cm³/mol. The van der Waals surface area contributed by atoms with Crippen molar-refractivity contribution in [3.63, 3.8) is 0 Å². The van der Waals surface area contributed by atoms with Gasteiger partial charge in [0.2, 0.25) is 10.0 Å². The summed E-state index contributed by atoms with van der Waals surface area (Å²) in [5, 5.41) is 7.36. The van der Waals surface area contributed by atoms with E-state index in [2.05, 4.69) is 15.4 Å². The lowest BCUT2D eigenvalue weighted by atomic mass is 10.0. The zero-order chi connectivity index (χ0) is 24.7. The summed E-state index contributed by atoms with van der Waals surface area (Å²) in [4.78, 5) is 37.7. The van der Waals surface area contributed by atoms with E-state index in [4.69, 9.17) is 21.1 Å². The number of ether oxygens (including phenoxy) is 2. The molecule has 2 heterocycles. The average Bonchev–Trinajstić information content (AvgIpc) is 3.32. The summed E-state index contributed by atoms with van der Waals surface area (Å²) >= 11 is 7.11. The molecule has 0 saturated heterocycles. The number of benzene rings is 1. The van der Waals surface area contributed by atoms with Crippen LogP contribution in [-0.4, -0.2) is 46.1 Å². The minimum Gasteiger partial charge on any atom is -0.463 e. The highest BCUT2D eigenvalue weighted by Gasteiger charge is 2.34. The van der Waals surface area contributed by atoms with Crippen LogP contribution in [0.1, 0.15) is 24.3 Å². The molecule has 10 nitrogen and oxygen atoms in total. The third-order valence-corrected chi connectivity index (χ3v) is 7.27. The minimum atomic E-state index is -3.83. The number of hydrogen-bond acceptors (Lipinski definition) is 8. The monoisotopic (exact) mass is 527 g/mol. The first-order valence-corrected chi connectivity index (χ1v) is 12.9. The zero-order valence-electron chi connectivity index (χ0n) is 18.0. The van der Waals surface area contributed by atoms with Crippen LogP contribution in [0.4, 0.5) is 4.79 Å². The maximum absolute atomic E-state index is 12.6. The average molecular weight is 528 g/mol. The number of carbonyl (C=O) groups excluding carboxylic acids is 3. The zero-order valence-corrected chi connectivity index (χ0v) is 20.4. The molecule has 0 saturated carbocycles. The van der Waals surface area contributed by atoms with Gasteiger partial charge in [-0.2, -0.15) is 0 Å². The van der Waals surface area contributed by atoms with Gasteiger partial charge in [-0.25, -0.2) is 22.7 Å². The third kappa shape index (κ3) is 6.56. The number of hydrogen-bond donors (Lipinski definition) is 3. The second kappa shape index (κ2) is 11.5. The molecule has 0 aliphatic carbocycles. The van der Waals surface area contributed by atoms with Crippen molar-refractivity contribution in [1.29, 1.82) is 0 Å². The van der Waals surface area contributed by atoms with E-state index in [1.165, 1.54) is 35.6 Å². The molecule has 3 N–H and O–H groups in total. The van der Waals surface area contributed by atoms with Gasteiger partial charge in [-0.3, -0.25) is 4.79 Å². The van der Waals surface area contributed by atoms with Crippen molar-refractivity contribution in [3.05, 3.63) is 62.9 Å². The Bertz CT molecular complexity index is 1180. The van der Waals surface area contributed by atoms with E-state index in [1.807, 2.05) is 0 Å². The summed E-state index contributed by atoms with van der Waals surface area (Å²) in [5.41, 5.74) is 0.218. The summed E-state index contributed by atoms with van der Waals surface area (Å²) in [7, 11) is -3.83. The molecule has 1 aliphatic rings. The van der Waals surface area contributed by atoms with Crippen LogP contribution in [0.15, 0.2) is 57.9 Å². The van der Waals surface area contributed by atoms with E-state index in [-0.39, 0.29) is 35.7 Å². The van der Waals surface area contributed by atoms with Crippen molar-refractivity contribution in [1.82, 2.24) is 15.4 Å². The fraction of sp³-hybridized carbons (Fsp3) is 0.286. The Morgan fingerprint density at radius 1 is 1.18 bits per heavy atom. The number of carbonyl (C=O) groups is 3. The van der Waals surface area contributed by atoms with Gasteiger partial charge in [-0.05, 0) is 42.6 Å². The van der Waals surface area contributed by atoms with Crippen LogP contribution in [-0.2, 0) is 29.1 Å². The highest BCUT2D eigenvalue weighted by atomic mass is 35.5. The molecule has 1 aromatic carbocycles. The molecule has 0 radical (unpaired) electrons. The van der Waals surface area contributed by atoms with Crippen molar-refractivity contribution < 1.29 is 32.3 Å². The first kappa shape index (κ1) is 25.7. The summed E-state index contributed by atoms with van der Waals surface area (Å²) in [6.07, 6.45) is -0.268. The number of nitrogens with one attached hydrogen (secondary N) is 3. The largest absolute Gasteiger partial charge is 0.463 e. The lowest BCUT2D eigenvalue weighted by Gasteiger charge is -2.28. The summed E-state index contributed by atoms with van der Waals surface area (Å²) in [6, 6.07) is 7.79. The quantitative estimate of drug-likeness (QED) is 0.403. The van der Waals surface area contributed by atoms with E-state index < -0.39 is 40.6 Å². The van der Waals surface area contributed by atoms with Crippen LogP contribution in [0, 0.1) is 0 Å². The lowest BCUT2D eigenvalue weighted by Crippen LogP contribution is -2.47. The van der Waals surface area contributed by atoms with Crippen LogP contribution < -0.4 is 15.4 Å². The fourth-order valence-electron chi connectivity index (χ4n) is 3.06. The molecule has 1 atom stereocenters. The van der Waals surface area contributed by atoms with Crippen molar-refractivity contribution in [2.45, 2.75) is 24.3 Å². The van der Waals surface area contributed by atoms with E-state index in [0.717, 1.165) is 0 Å². The van der Waals surface area contributed by atoms with Crippen LogP contribution in [0.5, 0.6) is 0 Å². The van der Waals surface area contributed by atoms with E-state index in [0.29, 0.717) is 9.90 Å². The number of halogens is 1. The molecule has 182 valence electrons. The first-order chi connectivity index (χ1) is 16.2. The number of urea groups is 1. The van der Waals surface area contributed by atoms with E-state index >= 15 is 0 Å². The van der Waals surface area contributed by atoms with Crippen molar-refractivity contribution >= 4 is 50.9 Å². The van der Waals surface area contributed by atoms with E-state index in [1.54, 1.807) is 24.4 Å². The Hall–Kier alpha value is -2.93. The van der Waals surface area contributed by atoms with Gasteiger partial charge in [0.25, 0.3) is 0 Å². The number of thiophene rings is 1. The summed E-state index contributed by atoms with van der Waals surface area (Å²) in [5.74, 6) is -1.38. The molecule has 13 heteroatoms. The molecule has 2 aromatic rings. The lowest BCUT2D eigenvalue weighted by molar-refractivity contribution is -0.143. The Kier molecular flexibility index (Phi) is 8.67. The molecular weight excluding hydrogens is 506 g/mol. The normalized spacial score (nSPS) is 15.9. The molecule has 0 spiro atoms. The second-order valence-corrected chi connectivity index (χ2v) is 10.1. The standard InChI is InChI=1S/C21H22ClN3O7S2/c1-2-31-20(27)18-15(24-21(28)25-19(18)16-4-3-11-33-16)12-32-17(26)9-10-23-34(29,30)14-7-5-13(22)6-8-14/h3-8,11,19,23H,2,9-10,12H2,1H3,(H2,24,25,28)/t19-/m0/s1. The molecule has 1 aromatic heterocycles. The molecule has 0 fully saturated rings. The third-order valence-electron chi connectivity index (χ3n) is 4.60. The van der Waals surface area contributed by atoms with Gasteiger partial charge in [-0.15, -0.1) is 11.3 Å². The molecule has 0 unspecified atom stereocenters. The Morgan fingerprint density at radius 2 is 1.91 bits per heavy atom. The highest BCUT2D eigenvalue weighted by molar-refractivity contribution is 7.89. The predicted octanol–water partition coefficient (Wildman–Crippen LogP) is 2.48. The molecule has 34 heavy (non-hydrogen) atoms. The number of amides is 2. The van der Waals surface area contributed by atoms with Gasteiger partial charge in [0.1, 0.15) is 6.61 Å². The van der Waals surface area contributed by atoms with Crippen molar-refractivity contribution in [3.8, 4) is 0 Å². The Balaban J connectivity index is 1.64. The fourth-order valence-corrected chi connectivity index (χ4v) is 5.00. The van der Waals surface area contributed by atoms with Crippen molar-refractivity contribution in [2.75, 3.05) is 19.8 Å². The van der Waals surface area contributed by atoms with Crippen molar-refractivity contribution in [2.24, 2.45) is 0 Å². The highest BCUT2D eigenvalue weighted by Crippen LogP contribution is 2.30. The summed E-state index contributed by atoms with van der Waals surface area (Å²) < 4.78 is 37.2. The number of rotatable bonds is 10. The van der Waals surface area contributed by atoms with Gasteiger partial charge in [0.15, 0.2) is 0 Å². The molecule has 1 aliphatic heterocycles. The smallest absolute Gasteiger partial charge is 0.338 e. The second-order valence-electron chi connectivity index (χ2n) is 6.92.